The molecule has 0 saturated carbocycles. The average molecular weight is 135 g/mol. The van der Waals surface area contributed by atoms with Gasteiger partial charge in [0.25, 0.3) is 0 Å². The Morgan fingerprint density at radius 2 is 2.44 bits per heavy atom. The quantitative estimate of drug-likeness (QED) is 0.360. The van der Waals surface area contributed by atoms with Crippen molar-refractivity contribution in [3.05, 3.63) is 0 Å². The van der Waals surface area contributed by atoms with E-state index in [2.05, 4.69) is 9.78 Å². The van der Waals surface area contributed by atoms with Gasteiger partial charge in [0.2, 0.25) is 0 Å². The molecule has 0 aliphatic rings. The first-order valence-corrected chi connectivity index (χ1v) is 2.33. The predicted octanol–water partition coefficient (Wildman–Crippen LogP) is -1.59. The molecule has 1 unspecified atom stereocenters. The second kappa shape index (κ2) is 4.25. The summed E-state index contributed by atoms with van der Waals surface area (Å²) in [5, 5.41) is 8.25. The number of hydrogen-bond acceptors (Lipinski definition) is 5. The molecule has 0 bridgehead atoms. The molecule has 9 heavy (non-hydrogen) atoms. The first kappa shape index (κ1) is 8.35. The van der Waals surface area contributed by atoms with Crippen LogP contribution in [-0.4, -0.2) is 30.8 Å². The Bertz CT molecular complexity index is 94.6. The Morgan fingerprint density at radius 1 is 1.89 bits per heavy atom. The van der Waals surface area contributed by atoms with E-state index in [1.165, 1.54) is 7.11 Å². The zero-order chi connectivity index (χ0) is 7.28. The molecule has 0 aromatic rings. The van der Waals surface area contributed by atoms with Crippen molar-refractivity contribution in [2.75, 3.05) is 13.7 Å². The molecular formula is C4H9NO4. The van der Waals surface area contributed by atoms with Crippen LogP contribution in [0.4, 0.5) is 0 Å². The molecule has 5 heteroatoms. The molecule has 0 aliphatic heterocycles. The molecule has 0 amide bonds. The maximum atomic E-state index is 10.3. The van der Waals surface area contributed by atoms with Crippen LogP contribution in [0.1, 0.15) is 0 Å². The number of carbonyl (C=O) groups is 1. The average Bonchev–Trinajstić information content (AvgIpc) is 1.87. The van der Waals surface area contributed by atoms with Crippen LogP contribution in [0.5, 0.6) is 0 Å². The second-order valence-corrected chi connectivity index (χ2v) is 1.36. The number of nitrogens with two attached hydrogens (primary N) is 1. The van der Waals surface area contributed by atoms with Crippen molar-refractivity contribution in [1.82, 2.24) is 0 Å². The van der Waals surface area contributed by atoms with Gasteiger partial charge in [-0.25, -0.2) is 4.79 Å². The van der Waals surface area contributed by atoms with Gasteiger partial charge in [0, 0.05) is 0 Å². The van der Waals surface area contributed by atoms with E-state index in [1.54, 1.807) is 0 Å². The number of aliphatic hydroxyl groups is 1. The fourth-order valence-electron chi connectivity index (χ4n) is 0.218. The first-order chi connectivity index (χ1) is 4.22. The summed E-state index contributed by atoms with van der Waals surface area (Å²) < 4.78 is 0. The normalized spacial score (nSPS) is 12.8. The monoisotopic (exact) mass is 135 g/mol. The van der Waals surface area contributed by atoms with Gasteiger partial charge >= 0.3 is 5.97 Å². The Balaban J connectivity index is 3.46. The molecule has 0 rings (SSSR count). The van der Waals surface area contributed by atoms with Gasteiger partial charge in [-0.2, -0.15) is 4.89 Å². The van der Waals surface area contributed by atoms with Gasteiger partial charge in [0.15, 0.2) is 0 Å². The lowest BCUT2D eigenvalue weighted by atomic mass is 10.3. The van der Waals surface area contributed by atoms with Crippen molar-refractivity contribution in [3.8, 4) is 0 Å². The van der Waals surface area contributed by atoms with Gasteiger partial charge in [-0.1, -0.05) is 0 Å². The van der Waals surface area contributed by atoms with Crippen LogP contribution in [0.3, 0.4) is 0 Å². The summed E-state index contributed by atoms with van der Waals surface area (Å²) in [6, 6.07) is -1.01. The number of hydrogen-bond donors (Lipinski definition) is 2. The molecule has 5 nitrogen and oxygen atoms in total. The lowest BCUT2D eigenvalue weighted by Gasteiger charge is -2.03. The summed E-state index contributed by atoms with van der Waals surface area (Å²) in [4.78, 5) is 18.3. The van der Waals surface area contributed by atoms with E-state index < -0.39 is 18.6 Å². The molecule has 3 N–H and O–H groups in total. The van der Waals surface area contributed by atoms with E-state index >= 15 is 0 Å². The molecular weight excluding hydrogens is 126 g/mol. The van der Waals surface area contributed by atoms with Crippen molar-refractivity contribution in [2.24, 2.45) is 5.73 Å². The topological polar surface area (TPSA) is 81.8 Å². The molecule has 0 aromatic carbocycles. The third-order valence-corrected chi connectivity index (χ3v) is 0.665. The van der Waals surface area contributed by atoms with E-state index in [1.807, 2.05) is 0 Å². The largest absolute Gasteiger partial charge is 0.394 e. The smallest absolute Gasteiger partial charge is 0.361 e. The second-order valence-electron chi connectivity index (χ2n) is 1.36. The minimum atomic E-state index is -1.01. The van der Waals surface area contributed by atoms with Gasteiger partial charge in [0.05, 0.1) is 13.7 Å². The van der Waals surface area contributed by atoms with Crippen LogP contribution in [-0.2, 0) is 14.6 Å². The van der Waals surface area contributed by atoms with E-state index in [9.17, 15) is 4.79 Å². The Morgan fingerprint density at radius 3 is 2.78 bits per heavy atom. The van der Waals surface area contributed by atoms with Crippen molar-refractivity contribution in [1.29, 1.82) is 0 Å². The van der Waals surface area contributed by atoms with Crippen molar-refractivity contribution in [3.63, 3.8) is 0 Å². The summed E-state index contributed by atoms with van der Waals surface area (Å²) in [7, 11) is 1.18. The van der Waals surface area contributed by atoms with Gasteiger partial charge in [-0.15, -0.1) is 0 Å². The van der Waals surface area contributed by atoms with Crippen LogP contribution in [0.25, 0.3) is 0 Å². The van der Waals surface area contributed by atoms with Crippen LogP contribution < -0.4 is 5.73 Å². The summed E-state index contributed by atoms with van der Waals surface area (Å²) in [6.45, 7) is -0.442. The Labute approximate surface area is 52.3 Å². The van der Waals surface area contributed by atoms with Crippen molar-refractivity contribution in [2.45, 2.75) is 6.04 Å². The number of aliphatic hydroxyl groups excluding tert-OH is 1. The molecule has 1 atom stereocenters. The third kappa shape index (κ3) is 3.02. The van der Waals surface area contributed by atoms with E-state index in [0.717, 1.165) is 0 Å². The molecule has 0 fully saturated rings. The van der Waals surface area contributed by atoms with Gasteiger partial charge in [-0.3, -0.25) is 4.89 Å². The van der Waals surface area contributed by atoms with Crippen LogP contribution in [0, 0.1) is 0 Å². The van der Waals surface area contributed by atoms with E-state index in [0.29, 0.717) is 0 Å². The number of rotatable bonds is 3. The minimum Gasteiger partial charge on any atom is -0.394 e. The van der Waals surface area contributed by atoms with Crippen LogP contribution in [0.15, 0.2) is 0 Å². The SMILES string of the molecule is COOC(=O)C(N)CO. The lowest BCUT2D eigenvalue weighted by molar-refractivity contribution is -0.256. The van der Waals surface area contributed by atoms with Crippen molar-refractivity contribution >= 4 is 5.97 Å². The van der Waals surface area contributed by atoms with E-state index in [4.69, 9.17) is 10.8 Å². The lowest BCUT2D eigenvalue weighted by Crippen LogP contribution is -2.35. The van der Waals surface area contributed by atoms with Gasteiger partial charge in [0.1, 0.15) is 6.04 Å². The highest BCUT2D eigenvalue weighted by Gasteiger charge is 2.13. The maximum absolute atomic E-state index is 10.3. The molecule has 54 valence electrons. The Hall–Kier alpha value is -0.650. The molecule has 0 aromatic heterocycles. The van der Waals surface area contributed by atoms with Crippen LogP contribution >= 0.6 is 0 Å². The summed E-state index contributed by atoms with van der Waals surface area (Å²) >= 11 is 0. The third-order valence-electron chi connectivity index (χ3n) is 0.665. The molecule has 0 aliphatic carbocycles. The summed E-state index contributed by atoms with van der Waals surface area (Å²) in [5.41, 5.74) is 5.00. The summed E-state index contributed by atoms with van der Waals surface area (Å²) in [6.07, 6.45) is 0. The van der Waals surface area contributed by atoms with Crippen LogP contribution in [0.2, 0.25) is 0 Å². The Kier molecular flexibility index (Phi) is 3.94. The van der Waals surface area contributed by atoms with E-state index in [-0.39, 0.29) is 0 Å². The standard InChI is InChI=1S/C4H9NO4/c1-8-9-4(7)3(5)2-6/h3,6H,2,5H2,1H3. The predicted molar refractivity (Wildman–Crippen MR) is 28.2 cm³/mol. The molecule has 0 radical (unpaired) electrons. The number of carbonyl (C=O) groups excluding carboxylic acids is 1. The van der Waals surface area contributed by atoms with Crippen molar-refractivity contribution < 1.29 is 19.7 Å². The molecule has 0 saturated heterocycles. The van der Waals surface area contributed by atoms with Gasteiger partial charge < -0.3 is 10.8 Å². The fraction of sp³-hybridized carbons (Fsp3) is 0.750. The summed E-state index contributed by atoms with van der Waals surface area (Å²) in [5.74, 6) is -0.778. The fourth-order valence-corrected chi connectivity index (χ4v) is 0.218. The first-order valence-electron chi connectivity index (χ1n) is 2.33. The highest BCUT2D eigenvalue weighted by atomic mass is 17.2. The molecule has 0 spiro atoms. The maximum Gasteiger partial charge on any atom is 0.361 e. The zero-order valence-electron chi connectivity index (χ0n) is 5.03. The zero-order valence-corrected chi connectivity index (χ0v) is 5.03. The minimum absolute atomic E-state index is 0.442. The highest BCUT2D eigenvalue weighted by molar-refractivity contribution is 5.74. The van der Waals surface area contributed by atoms with Gasteiger partial charge in [-0.05, 0) is 0 Å². The highest BCUT2D eigenvalue weighted by Crippen LogP contribution is 1.82. The molecule has 0 heterocycles.